The van der Waals surface area contributed by atoms with Crippen LogP contribution < -0.4 is 0 Å². The predicted molar refractivity (Wildman–Crippen MR) is 91.0 cm³/mol. The van der Waals surface area contributed by atoms with E-state index in [0.29, 0.717) is 0 Å². The summed E-state index contributed by atoms with van der Waals surface area (Å²) in [6.45, 7) is 3.68. The molecule has 1 aromatic rings. The maximum atomic E-state index is 13.6. The number of halogens is 3. The Morgan fingerprint density at radius 3 is 2.15 bits per heavy atom. The van der Waals surface area contributed by atoms with Crippen molar-refractivity contribution in [3.63, 3.8) is 0 Å². The van der Waals surface area contributed by atoms with Crippen LogP contribution in [0.15, 0.2) is 46.7 Å². The third-order valence-corrected chi connectivity index (χ3v) is 6.24. The fourth-order valence-electron chi connectivity index (χ4n) is 3.64. The van der Waals surface area contributed by atoms with E-state index in [1.165, 1.54) is 31.9 Å². The van der Waals surface area contributed by atoms with E-state index in [-0.39, 0.29) is 11.4 Å². The number of benzene rings is 1. The highest BCUT2D eigenvalue weighted by atomic mass is 31.2. The predicted octanol–water partition coefficient (Wildman–Crippen LogP) is 3.83. The Bertz CT molecular complexity index is 919. The molecule has 2 rings (SSSR count). The molecule has 11 heteroatoms. The number of rotatable bonds is 3. The van der Waals surface area contributed by atoms with Crippen LogP contribution in [0.3, 0.4) is 0 Å². The maximum absolute atomic E-state index is 13.6. The summed E-state index contributed by atoms with van der Waals surface area (Å²) < 4.78 is 53.0. The highest BCUT2D eigenvalue weighted by Crippen LogP contribution is 2.62. The molecule has 1 unspecified atom stereocenters. The van der Waals surface area contributed by atoms with E-state index in [1.54, 1.807) is 0 Å². The van der Waals surface area contributed by atoms with Gasteiger partial charge in [0.05, 0.1) is 21.5 Å². The Hall–Kier alpha value is -2.16. The fraction of sp³-hybridized carbons (Fsp3) is 0.375. The van der Waals surface area contributed by atoms with Gasteiger partial charge in [-0.25, -0.2) is 0 Å². The summed E-state index contributed by atoms with van der Waals surface area (Å²) in [6.07, 6.45) is -4.87. The van der Waals surface area contributed by atoms with E-state index in [9.17, 15) is 37.6 Å². The van der Waals surface area contributed by atoms with Crippen molar-refractivity contribution in [2.75, 3.05) is 7.05 Å². The second-order valence-electron chi connectivity index (χ2n) is 6.40. The maximum Gasteiger partial charge on any atom is 0.416 e. The number of nitro groups is 1. The van der Waals surface area contributed by atoms with E-state index in [1.807, 2.05) is 0 Å². The van der Waals surface area contributed by atoms with Gasteiger partial charge in [-0.2, -0.15) is 13.2 Å². The molecule has 27 heavy (non-hydrogen) atoms. The molecule has 0 radical (unpaired) electrons. The molecule has 148 valence electrons. The van der Waals surface area contributed by atoms with Gasteiger partial charge >= 0.3 is 13.8 Å². The highest BCUT2D eigenvalue weighted by Gasteiger charge is 2.57. The number of hydrogen-bond donors (Lipinski definition) is 2. The largest absolute Gasteiger partial charge is 0.416 e. The summed E-state index contributed by atoms with van der Waals surface area (Å²) in [4.78, 5) is 31.9. The molecule has 1 atom stereocenters. The van der Waals surface area contributed by atoms with Crippen LogP contribution in [0.2, 0.25) is 0 Å². The smallest absolute Gasteiger partial charge is 0.346 e. The van der Waals surface area contributed by atoms with E-state index < -0.39 is 46.2 Å². The zero-order valence-electron chi connectivity index (χ0n) is 14.9. The van der Waals surface area contributed by atoms with Crippen molar-refractivity contribution in [3.05, 3.63) is 67.9 Å². The van der Waals surface area contributed by atoms with Gasteiger partial charge in [-0.1, -0.05) is 18.2 Å². The van der Waals surface area contributed by atoms with Gasteiger partial charge in [0.25, 0.3) is 5.70 Å². The molecule has 2 N–H and O–H groups in total. The van der Waals surface area contributed by atoms with Gasteiger partial charge in [-0.15, -0.1) is 0 Å². The summed E-state index contributed by atoms with van der Waals surface area (Å²) in [5.74, 6) is 0. The quantitative estimate of drug-likeness (QED) is 0.449. The first-order valence-corrected chi connectivity index (χ1v) is 9.30. The van der Waals surface area contributed by atoms with Gasteiger partial charge < -0.3 is 14.7 Å². The zero-order valence-corrected chi connectivity index (χ0v) is 15.8. The molecule has 0 saturated carbocycles. The van der Waals surface area contributed by atoms with Crippen LogP contribution in [-0.2, 0) is 16.2 Å². The average Bonchev–Trinajstić information content (AvgIpc) is 2.50. The molecule has 0 saturated heterocycles. The molecule has 0 aromatic heterocycles. The molecular formula is C16H18F3N2O5P. The first kappa shape index (κ1) is 21.1. The molecule has 0 amide bonds. The van der Waals surface area contributed by atoms with Crippen LogP contribution >= 0.6 is 7.60 Å². The van der Waals surface area contributed by atoms with Crippen LogP contribution in [0.4, 0.5) is 13.2 Å². The number of hydrogen-bond acceptors (Lipinski definition) is 4. The third kappa shape index (κ3) is 3.28. The van der Waals surface area contributed by atoms with Crippen molar-refractivity contribution >= 4 is 7.60 Å². The van der Waals surface area contributed by atoms with Gasteiger partial charge in [0.15, 0.2) is 0 Å². The van der Waals surface area contributed by atoms with E-state index in [2.05, 4.69) is 0 Å². The lowest BCUT2D eigenvalue weighted by Gasteiger charge is -2.40. The Morgan fingerprint density at radius 1 is 1.19 bits per heavy atom. The van der Waals surface area contributed by atoms with Gasteiger partial charge in [0.2, 0.25) is 0 Å². The van der Waals surface area contributed by atoms with Crippen molar-refractivity contribution < 1.29 is 32.4 Å². The van der Waals surface area contributed by atoms with E-state index >= 15 is 0 Å². The van der Waals surface area contributed by atoms with Gasteiger partial charge in [-0.3, -0.25) is 14.7 Å². The first-order valence-electron chi connectivity index (χ1n) is 7.68. The zero-order chi connectivity index (χ0) is 20.9. The second kappa shape index (κ2) is 6.47. The molecule has 1 aromatic carbocycles. The normalized spacial score (nSPS) is 21.7. The summed E-state index contributed by atoms with van der Waals surface area (Å²) in [5, 5.41) is 11.1. The number of nitrogens with zero attached hydrogens (tertiary/aromatic N) is 2. The number of alkyl halides is 3. The summed E-state index contributed by atoms with van der Waals surface area (Å²) >= 11 is 0. The lowest BCUT2D eigenvalue weighted by Crippen LogP contribution is -2.41. The average molecular weight is 406 g/mol. The molecule has 1 aliphatic heterocycles. The van der Waals surface area contributed by atoms with Crippen molar-refractivity contribution in [2.45, 2.75) is 32.4 Å². The molecular weight excluding hydrogens is 388 g/mol. The van der Waals surface area contributed by atoms with Crippen LogP contribution in [0.5, 0.6) is 0 Å². The summed E-state index contributed by atoms with van der Waals surface area (Å²) in [7, 11) is -3.81. The number of allylic oxidation sites excluding steroid dienone is 3. The molecule has 1 heterocycles. The Balaban J connectivity index is 3.07. The lowest BCUT2D eigenvalue weighted by molar-refractivity contribution is -0.436. The minimum atomic E-state index is -5.17. The monoisotopic (exact) mass is 406 g/mol. The topological polar surface area (TPSA) is 104 Å². The summed E-state index contributed by atoms with van der Waals surface area (Å²) in [6, 6.07) is 4.10. The summed E-state index contributed by atoms with van der Waals surface area (Å²) in [5.41, 5.74) is -4.82. The first-order chi connectivity index (χ1) is 12.1. The third-order valence-electron chi connectivity index (χ3n) is 4.88. The minimum absolute atomic E-state index is 0.00539. The van der Waals surface area contributed by atoms with E-state index in [0.717, 1.165) is 25.1 Å². The van der Waals surface area contributed by atoms with Crippen molar-refractivity contribution in [1.82, 2.24) is 4.90 Å². The van der Waals surface area contributed by atoms with Gasteiger partial charge in [-0.05, 0) is 32.4 Å². The van der Waals surface area contributed by atoms with Crippen LogP contribution in [0.25, 0.3) is 0 Å². The van der Waals surface area contributed by atoms with Crippen molar-refractivity contribution in [1.29, 1.82) is 0 Å². The SMILES string of the molecule is CC1=C([N+](=O)[O-])C(C)(c2ccccc2C(F)(F)F)C(P(=O)(O)O)=C(C)N1C. The lowest BCUT2D eigenvalue weighted by atomic mass is 9.73. The van der Waals surface area contributed by atoms with Crippen LogP contribution in [0, 0.1) is 10.1 Å². The molecule has 0 fully saturated rings. The molecule has 0 spiro atoms. The van der Waals surface area contributed by atoms with Gasteiger partial charge in [0, 0.05) is 12.7 Å². The van der Waals surface area contributed by atoms with Crippen molar-refractivity contribution in [3.8, 4) is 0 Å². The Kier molecular flexibility index (Phi) is 5.07. The van der Waals surface area contributed by atoms with E-state index in [4.69, 9.17) is 0 Å². The minimum Gasteiger partial charge on any atom is -0.346 e. The molecule has 7 nitrogen and oxygen atoms in total. The van der Waals surface area contributed by atoms with Crippen LogP contribution in [0.1, 0.15) is 31.9 Å². The molecule has 0 bridgehead atoms. The second-order valence-corrected chi connectivity index (χ2v) is 7.93. The Labute approximate surface area is 153 Å². The van der Waals surface area contributed by atoms with Gasteiger partial charge in [0.1, 0.15) is 5.41 Å². The Morgan fingerprint density at radius 2 is 1.70 bits per heavy atom. The molecule has 1 aliphatic rings. The highest BCUT2D eigenvalue weighted by molar-refractivity contribution is 7.56. The fourth-order valence-corrected chi connectivity index (χ4v) is 5.02. The molecule has 0 aliphatic carbocycles. The van der Waals surface area contributed by atoms with Crippen molar-refractivity contribution in [2.24, 2.45) is 0 Å². The standard InChI is InChI=1S/C16H18F3N2O5P/c1-9-13(21(22)23)15(3,14(27(24,25)26)10(2)20(9)4)11-7-5-6-8-12(11)16(17,18)19/h5-8H,1-4H3,(H2,24,25,26). The van der Waals surface area contributed by atoms with Crippen LogP contribution in [-0.4, -0.2) is 26.7 Å².